The topological polar surface area (TPSA) is 46.5 Å². The molecule has 72 valence electrons. The van der Waals surface area contributed by atoms with Gasteiger partial charge in [-0.15, -0.1) is 0 Å². The van der Waals surface area contributed by atoms with Gasteiger partial charge < -0.3 is 9.84 Å². The SMILES string of the molecule is CC(=O)CC(C)OCC(O)CS. The minimum absolute atomic E-state index is 0.0999. The molecule has 0 radical (unpaired) electrons. The maximum Gasteiger partial charge on any atom is 0.132 e. The zero-order valence-electron chi connectivity index (χ0n) is 7.49. The molecule has 4 heteroatoms. The molecule has 2 atom stereocenters. The first-order chi connectivity index (χ1) is 5.56. The number of carbonyl (C=O) groups excluding carboxylic acids is 1. The molecule has 0 rings (SSSR count). The van der Waals surface area contributed by atoms with E-state index in [9.17, 15) is 4.79 Å². The summed E-state index contributed by atoms with van der Waals surface area (Å²) < 4.78 is 5.19. The van der Waals surface area contributed by atoms with Crippen LogP contribution in [0.2, 0.25) is 0 Å². The lowest BCUT2D eigenvalue weighted by Gasteiger charge is -2.13. The first-order valence-corrected chi connectivity index (χ1v) is 4.59. The van der Waals surface area contributed by atoms with Gasteiger partial charge in [-0.25, -0.2) is 0 Å². The molecule has 0 aromatic rings. The lowest BCUT2D eigenvalue weighted by molar-refractivity contribution is -0.120. The molecular formula is C8H16O3S. The second kappa shape index (κ2) is 6.46. The van der Waals surface area contributed by atoms with E-state index in [0.29, 0.717) is 12.2 Å². The van der Waals surface area contributed by atoms with Crippen LogP contribution in [0.5, 0.6) is 0 Å². The van der Waals surface area contributed by atoms with Crippen LogP contribution in [0.15, 0.2) is 0 Å². The summed E-state index contributed by atoms with van der Waals surface area (Å²) in [6.45, 7) is 3.58. The van der Waals surface area contributed by atoms with Crippen molar-refractivity contribution in [2.45, 2.75) is 32.5 Å². The third-order valence-electron chi connectivity index (χ3n) is 1.36. The van der Waals surface area contributed by atoms with Crippen molar-refractivity contribution in [2.75, 3.05) is 12.4 Å². The van der Waals surface area contributed by atoms with E-state index in [1.807, 2.05) is 6.92 Å². The monoisotopic (exact) mass is 192 g/mol. The van der Waals surface area contributed by atoms with E-state index in [2.05, 4.69) is 12.6 Å². The molecule has 0 aromatic heterocycles. The molecule has 3 nitrogen and oxygen atoms in total. The van der Waals surface area contributed by atoms with E-state index in [0.717, 1.165) is 0 Å². The van der Waals surface area contributed by atoms with Crippen molar-refractivity contribution >= 4 is 18.4 Å². The number of aliphatic hydroxyl groups excluding tert-OH is 1. The highest BCUT2D eigenvalue weighted by Gasteiger charge is 2.08. The summed E-state index contributed by atoms with van der Waals surface area (Å²) in [7, 11) is 0. The van der Waals surface area contributed by atoms with Gasteiger partial charge in [-0.2, -0.15) is 12.6 Å². The van der Waals surface area contributed by atoms with Gasteiger partial charge in [0, 0.05) is 12.2 Å². The molecule has 0 aliphatic rings. The molecule has 0 bridgehead atoms. The highest BCUT2D eigenvalue weighted by Crippen LogP contribution is 1.99. The molecular weight excluding hydrogens is 176 g/mol. The number of hydrogen-bond donors (Lipinski definition) is 2. The lowest BCUT2D eigenvalue weighted by Crippen LogP contribution is -2.22. The van der Waals surface area contributed by atoms with Gasteiger partial charge in [0.2, 0.25) is 0 Å². The standard InChI is InChI=1S/C8H16O3S/c1-6(9)3-7(2)11-4-8(10)5-12/h7-8,10,12H,3-5H2,1-2H3. The van der Waals surface area contributed by atoms with E-state index in [-0.39, 0.29) is 18.5 Å². The Balaban J connectivity index is 3.43. The van der Waals surface area contributed by atoms with Gasteiger partial charge in [-0.3, -0.25) is 4.79 Å². The Morgan fingerprint density at radius 3 is 2.67 bits per heavy atom. The Labute approximate surface area is 78.5 Å². The molecule has 0 amide bonds. The van der Waals surface area contributed by atoms with Gasteiger partial charge >= 0.3 is 0 Å². The number of hydrogen-bond acceptors (Lipinski definition) is 4. The maximum atomic E-state index is 10.6. The van der Waals surface area contributed by atoms with Gasteiger partial charge in [0.05, 0.1) is 18.8 Å². The van der Waals surface area contributed by atoms with Gasteiger partial charge in [0.15, 0.2) is 0 Å². The van der Waals surface area contributed by atoms with E-state index in [4.69, 9.17) is 9.84 Å². The number of ketones is 1. The number of aliphatic hydroxyl groups is 1. The molecule has 0 saturated heterocycles. The van der Waals surface area contributed by atoms with Crippen LogP contribution in [-0.2, 0) is 9.53 Å². The summed E-state index contributed by atoms with van der Waals surface area (Å²) in [5.41, 5.74) is 0. The van der Waals surface area contributed by atoms with Crippen molar-refractivity contribution in [1.29, 1.82) is 0 Å². The van der Waals surface area contributed by atoms with Crippen LogP contribution < -0.4 is 0 Å². The molecule has 1 N–H and O–H groups in total. The Kier molecular flexibility index (Phi) is 6.42. The summed E-state index contributed by atoms with van der Waals surface area (Å²) in [5, 5.41) is 9.05. The molecule has 12 heavy (non-hydrogen) atoms. The number of ether oxygens (including phenoxy) is 1. The van der Waals surface area contributed by atoms with Crippen molar-refractivity contribution in [3.05, 3.63) is 0 Å². The smallest absolute Gasteiger partial charge is 0.132 e. The third-order valence-corrected chi connectivity index (χ3v) is 1.78. The Hall–Kier alpha value is -0.0600. The van der Waals surface area contributed by atoms with E-state index in [1.165, 1.54) is 6.92 Å². The number of rotatable bonds is 6. The van der Waals surface area contributed by atoms with Crippen molar-refractivity contribution in [3.8, 4) is 0 Å². The molecule has 2 unspecified atom stereocenters. The minimum Gasteiger partial charge on any atom is -0.390 e. The number of thiol groups is 1. The van der Waals surface area contributed by atoms with Crippen LogP contribution in [-0.4, -0.2) is 35.5 Å². The summed E-state index contributed by atoms with van der Waals surface area (Å²) in [6.07, 6.45) is -0.251. The fourth-order valence-corrected chi connectivity index (χ4v) is 0.897. The highest BCUT2D eigenvalue weighted by atomic mass is 32.1. The summed E-state index contributed by atoms with van der Waals surface area (Å²) in [5.74, 6) is 0.482. The predicted molar refractivity (Wildman–Crippen MR) is 50.6 cm³/mol. The second-order valence-electron chi connectivity index (χ2n) is 2.89. The van der Waals surface area contributed by atoms with E-state index >= 15 is 0 Å². The zero-order chi connectivity index (χ0) is 9.56. The van der Waals surface area contributed by atoms with E-state index < -0.39 is 6.10 Å². The fourth-order valence-electron chi connectivity index (χ4n) is 0.792. The second-order valence-corrected chi connectivity index (χ2v) is 3.25. The van der Waals surface area contributed by atoms with Crippen molar-refractivity contribution in [3.63, 3.8) is 0 Å². The van der Waals surface area contributed by atoms with Crippen molar-refractivity contribution in [1.82, 2.24) is 0 Å². The molecule has 0 fully saturated rings. The predicted octanol–water partition coefficient (Wildman–Crippen LogP) is 0.661. The average Bonchev–Trinajstić information content (AvgIpc) is 1.99. The number of Topliss-reactive ketones (excluding diaryl/α,β-unsaturated/α-hetero) is 1. The number of carbonyl (C=O) groups is 1. The van der Waals surface area contributed by atoms with Crippen molar-refractivity contribution < 1.29 is 14.6 Å². The van der Waals surface area contributed by atoms with Crippen LogP contribution in [0.25, 0.3) is 0 Å². The summed E-state index contributed by atoms with van der Waals surface area (Å²) >= 11 is 3.89. The zero-order valence-corrected chi connectivity index (χ0v) is 8.38. The largest absolute Gasteiger partial charge is 0.390 e. The van der Waals surface area contributed by atoms with Gasteiger partial charge in [0.1, 0.15) is 5.78 Å². The third kappa shape index (κ3) is 6.64. The Morgan fingerprint density at radius 1 is 1.67 bits per heavy atom. The van der Waals surface area contributed by atoms with Crippen LogP contribution in [0.3, 0.4) is 0 Å². The highest BCUT2D eigenvalue weighted by molar-refractivity contribution is 7.80. The molecule has 0 aliphatic heterocycles. The van der Waals surface area contributed by atoms with Gasteiger partial charge in [0.25, 0.3) is 0 Å². The van der Waals surface area contributed by atoms with Gasteiger partial charge in [-0.1, -0.05) is 0 Å². The lowest BCUT2D eigenvalue weighted by atomic mass is 10.2. The Morgan fingerprint density at radius 2 is 2.25 bits per heavy atom. The van der Waals surface area contributed by atoms with Gasteiger partial charge in [-0.05, 0) is 13.8 Å². The van der Waals surface area contributed by atoms with Crippen LogP contribution in [0, 0.1) is 0 Å². The molecule has 0 aliphatic carbocycles. The quantitative estimate of drug-likeness (QED) is 0.608. The molecule has 0 heterocycles. The summed E-state index contributed by atoms with van der Waals surface area (Å²) in [4.78, 5) is 10.6. The maximum absolute atomic E-state index is 10.6. The summed E-state index contributed by atoms with van der Waals surface area (Å²) in [6, 6.07) is 0. The fraction of sp³-hybridized carbons (Fsp3) is 0.875. The average molecular weight is 192 g/mol. The Bertz CT molecular complexity index is 138. The van der Waals surface area contributed by atoms with Crippen LogP contribution in [0.1, 0.15) is 20.3 Å². The molecule has 0 saturated carbocycles. The first kappa shape index (κ1) is 11.9. The molecule has 0 aromatic carbocycles. The first-order valence-electron chi connectivity index (χ1n) is 3.96. The van der Waals surface area contributed by atoms with Crippen LogP contribution >= 0.6 is 12.6 Å². The van der Waals surface area contributed by atoms with Crippen molar-refractivity contribution in [2.24, 2.45) is 0 Å². The molecule has 0 spiro atoms. The normalized spacial score (nSPS) is 15.7. The van der Waals surface area contributed by atoms with E-state index in [1.54, 1.807) is 0 Å². The minimum atomic E-state index is -0.539. The van der Waals surface area contributed by atoms with Crippen LogP contribution in [0.4, 0.5) is 0 Å².